The Balaban J connectivity index is 0.000000446. The third-order valence-electron chi connectivity index (χ3n) is 5.01. The summed E-state index contributed by atoms with van der Waals surface area (Å²) in [6.07, 6.45) is 1.31. The molecule has 0 aliphatic carbocycles. The number of aliphatic hydroxyl groups is 2. The van der Waals surface area contributed by atoms with E-state index >= 15 is 0 Å². The number of aliphatic hydroxyl groups excluding tert-OH is 2. The molecule has 2 heterocycles. The third kappa shape index (κ3) is 8.45. The highest BCUT2D eigenvalue weighted by atomic mass is 16.7. The molecule has 186 valence electrons. The van der Waals surface area contributed by atoms with Crippen LogP contribution in [0.25, 0.3) is 0 Å². The zero-order valence-corrected chi connectivity index (χ0v) is 19.1. The molecular weight excluding hydrogens is 448 g/mol. The molecule has 0 radical (unpaired) electrons. The van der Waals surface area contributed by atoms with Crippen molar-refractivity contribution in [2.45, 2.75) is 26.7 Å². The molecule has 0 amide bonds. The molecule has 34 heavy (non-hydrogen) atoms. The molecule has 4 N–H and O–H groups in total. The molecule has 0 fully saturated rings. The topological polar surface area (TPSA) is 152 Å². The number of aliphatic carboxylic acids is 2. The summed E-state index contributed by atoms with van der Waals surface area (Å²) in [5.41, 5.74) is 2.11. The molecule has 10 heteroatoms. The number of hydrogen-bond donors (Lipinski definition) is 4. The molecule has 0 aromatic heterocycles. The maximum atomic E-state index is 9.90. The van der Waals surface area contributed by atoms with E-state index in [2.05, 4.69) is 0 Å². The number of rotatable bonds is 7. The predicted molar refractivity (Wildman–Crippen MR) is 120 cm³/mol. The molecule has 0 unspecified atom stereocenters. The van der Waals surface area contributed by atoms with E-state index in [-0.39, 0.29) is 38.6 Å². The van der Waals surface area contributed by atoms with Gasteiger partial charge in [-0.3, -0.25) is 9.59 Å². The lowest BCUT2D eigenvalue weighted by atomic mass is 9.83. The molecule has 10 nitrogen and oxygen atoms in total. The molecule has 4 rings (SSSR count). The number of ether oxygens (including phenoxy) is 4. The standard InChI is InChI=1S/C20H22O6.2C2H4O2/c21-9-15(5-13-1-3-17-19(7-13)25-11-23-17)16(10-22)6-14-2-4-18-20(8-14)26-12-24-18;2*1-2(3)4/h1-4,7-8,15-16,21-22H,5-6,9-12H2;2*1H3,(H,3,4)/t15-,16-;;/m0../s1. The van der Waals surface area contributed by atoms with Crippen molar-refractivity contribution in [3.8, 4) is 23.0 Å². The molecule has 2 aromatic rings. The van der Waals surface area contributed by atoms with Gasteiger partial charge in [0.1, 0.15) is 0 Å². The maximum Gasteiger partial charge on any atom is 0.300 e. The monoisotopic (exact) mass is 478 g/mol. The minimum atomic E-state index is -0.833. The van der Waals surface area contributed by atoms with Gasteiger partial charge in [-0.2, -0.15) is 0 Å². The van der Waals surface area contributed by atoms with E-state index < -0.39 is 11.9 Å². The largest absolute Gasteiger partial charge is 0.481 e. The van der Waals surface area contributed by atoms with E-state index in [9.17, 15) is 10.2 Å². The Morgan fingerprint density at radius 2 is 1.03 bits per heavy atom. The van der Waals surface area contributed by atoms with Crippen LogP contribution in [0.5, 0.6) is 23.0 Å². The van der Waals surface area contributed by atoms with Crippen molar-refractivity contribution >= 4 is 11.9 Å². The van der Waals surface area contributed by atoms with Crippen LogP contribution in [0, 0.1) is 11.8 Å². The van der Waals surface area contributed by atoms with Crippen LogP contribution in [0.1, 0.15) is 25.0 Å². The highest BCUT2D eigenvalue weighted by Crippen LogP contribution is 2.35. The van der Waals surface area contributed by atoms with Crippen molar-refractivity contribution in [1.82, 2.24) is 0 Å². The van der Waals surface area contributed by atoms with E-state index in [1.807, 2.05) is 36.4 Å². The number of benzene rings is 2. The Kier molecular flexibility index (Phi) is 10.4. The van der Waals surface area contributed by atoms with Crippen molar-refractivity contribution in [1.29, 1.82) is 0 Å². The number of carboxylic acid groups (broad SMARTS) is 2. The van der Waals surface area contributed by atoms with Crippen LogP contribution in [0.2, 0.25) is 0 Å². The van der Waals surface area contributed by atoms with E-state index in [0.29, 0.717) is 12.8 Å². The number of hydrogen-bond acceptors (Lipinski definition) is 8. The summed E-state index contributed by atoms with van der Waals surface area (Å²) in [7, 11) is 0. The quantitative estimate of drug-likeness (QED) is 0.466. The number of carbonyl (C=O) groups is 2. The zero-order chi connectivity index (χ0) is 25.1. The Hall–Kier alpha value is -3.50. The van der Waals surface area contributed by atoms with Gasteiger partial charge in [0.05, 0.1) is 0 Å². The van der Waals surface area contributed by atoms with Gasteiger partial charge in [0, 0.05) is 27.1 Å². The van der Waals surface area contributed by atoms with Gasteiger partial charge in [-0.25, -0.2) is 0 Å². The molecule has 2 aliphatic heterocycles. The first-order chi connectivity index (χ1) is 16.2. The van der Waals surface area contributed by atoms with Crippen molar-refractivity contribution in [3.05, 3.63) is 47.5 Å². The summed E-state index contributed by atoms with van der Waals surface area (Å²) in [5, 5.41) is 34.6. The summed E-state index contributed by atoms with van der Waals surface area (Å²) in [5.74, 6) is 1.16. The van der Waals surface area contributed by atoms with Gasteiger partial charge >= 0.3 is 0 Å². The van der Waals surface area contributed by atoms with Gasteiger partial charge < -0.3 is 39.4 Å². The van der Waals surface area contributed by atoms with E-state index in [0.717, 1.165) is 48.0 Å². The minimum Gasteiger partial charge on any atom is -0.481 e. The fourth-order valence-corrected chi connectivity index (χ4v) is 3.50. The zero-order valence-electron chi connectivity index (χ0n) is 19.1. The molecule has 0 saturated heterocycles. The fourth-order valence-electron chi connectivity index (χ4n) is 3.50. The van der Waals surface area contributed by atoms with Crippen molar-refractivity contribution in [3.63, 3.8) is 0 Å². The molecule has 0 spiro atoms. The van der Waals surface area contributed by atoms with E-state index in [1.54, 1.807) is 0 Å². The summed E-state index contributed by atoms with van der Waals surface area (Å²) >= 11 is 0. The van der Waals surface area contributed by atoms with Crippen molar-refractivity contribution < 1.29 is 49.0 Å². The van der Waals surface area contributed by atoms with E-state index in [1.165, 1.54) is 0 Å². The molecule has 2 aromatic carbocycles. The number of carboxylic acids is 2. The van der Waals surface area contributed by atoms with Crippen LogP contribution in [0.4, 0.5) is 0 Å². The molecule has 0 bridgehead atoms. The highest BCUT2D eigenvalue weighted by Gasteiger charge is 2.24. The highest BCUT2D eigenvalue weighted by molar-refractivity contribution is 5.63. The van der Waals surface area contributed by atoms with Gasteiger partial charge in [-0.05, 0) is 60.1 Å². The second-order valence-electron chi connectivity index (χ2n) is 7.71. The van der Waals surface area contributed by atoms with Gasteiger partial charge in [-0.1, -0.05) is 12.1 Å². The van der Waals surface area contributed by atoms with E-state index in [4.69, 9.17) is 38.7 Å². The van der Waals surface area contributed by atoms with Crippen LogP contribution in [-0.2, 0) is 22.4 Å². The summed E-state index contributed by atoms with van der Waals surface area (Å²) in [6.45, 7) is 2.66. The Labute approximate surface area is 197 Å². The fraction of sp³-hybridized carbons (Fsp3) is 0.417. The Morgan fingerprint density at radius 1 is 0.706 bits per heavy atom. The summed E-state index contributed by atoms with van der Waals surface area (Å²) < 4.78 is 21.5. The van der Waals surface area contributed by atoms with Gasteiger partial charge in [0.15, 0.2) is 23.0 Å². The SMILES string of the molecule is CC(=O)O.CC(=O)O.OC[C@H](Cc1ccc2c(c1)OCO2)[C@H](CO)Cc1ccc2c(c1)OCO2. The molecular formula is C24H30O10. The first-order valence-corrected chi connectivity index (χ1v) is 10.6. The van der Waals surface area contributed by atoms with Crippen LogP contribution in [0.15, 0.2) is 36.4 Å². The second kappa shape index (κ2) is 13.3. The lowest BCUT2D eigenvalue weighted by molar-refractivity contribution is -0.135. The van der Waals surface area contributed by atoms with Gasteiger partial charge in [0.25, 0.3) is 11.9 Å². The second-order valence-corrected chi connectivity index (χ2v) is 7.71. The molecule has 0 saturated carbocycles. The minimum absolute atomic E-state index is 0.00419. The first-order valence-electron chi connectivity index (χ1n) is 10.6. The summed E-state index contributed by atoms with van der Waals surface area (Å²) in [4.78, 5) is 18.0. The lowest BCUT2D eigenvalue weighted by Gasteiger charge is -2.24. The number of fused-ring (bicyclic) bond motifs is 2. The lowest BCUT2D eigenvalue weighted by Crippen LogP contribution is -2.26. The van der Waals surface area contributed by atoms with Crippen LogP contribution in [0.3, 0.4) is 0 Å². The summed E-state index contributed by atoms with van der Waals surface area (Å²) in [6, 6.07) is 11.6. The van der Waals surface area contributed by atoms with Crippen molar-refractivity contribution in [2.24, 2.45) is 11.8 Å². The Morgan fingerprint density at radius 3 is 1.35 bits per heavy atom. The average molecular weight is 478 g/mol. The molecule has 2 atom stereocenters. The third-order valence-corrected chi connectivity index (χ3v) is 5.01. The van der Waals surface area contributed by atoms with Gasteiger partial charge in [0.2, 0.25) is 13.6 Å². The van der Waals surface area contributed by atoms with Crippen LogP contribution in [-0.4, -0.2) is 59.2 Å². The smallest absolute Gasteiger partial charge is 0.300 e. The van der Waals surface area contributed by atoms with Crippen LogP contribution < -0.4 is 18.9 Å². The average Bonchev–Trinajstić information content (AvgIpc) is 3.43. The predicted octanol–water partition coefficient (Wildman–Crippen LogP) is 2.33. The maximum absolute atomic E-state index is 9.90. The normalized spacial score (nSPS) is 14.1. The first kappa shape index (κ1) is 26.7. The molecule has 2 aliphatic rings. The van der Waals surface area contributed by atoms with Gasteiger partial charge in [-0.15, -0.1) is 0 Å². The Bertz CT molecular complexity index is 873. The van der Waals surface area contributed by atoms with Crippen molar-refractivity contribution in [2.75, 3.05) is 26.8 Å². The van der Waals surface area contributed by atoms with Crippen LogP contribution >= 0.6 is 0 Å².